The Hall–Kier alpha value is -2.28. The Bertz CT molecular complexity index is 734. The van der Waals surface area contributed by atoms with Crippen LogP contribution in [0.1, 0.15) is 5.56 Å². The van der Waals surface area contributed by atoms with E-state index in [0.717, 1.165) is 0 Å². The summed E-state index contributed by atoms with van der Waals surface area (Å²) in [5, 5.41) is 8.83. The van der Waals surface area contributed by atoms with Gasteiger partial charge in [-0.3, -0.25) is 9.52 Å². The number of aromatic nitrogens is 1. The second-order valence-corrected chi connectivity index (χ2v) is 6.03. The average molecular weight is 294 g/mol. The molecule has 1 aromatic heterocycles. The number of anilines is 1. The van der Waals surface area contributed by atoms with Gasteiger partial charge in [-0.15, -0.1) is 0 Å². The van der Waals surface area contributed by atoms with E-state index < -0.39 is 16.0 Å². The van der Waals surface area contributed by atoms with Crippen molar-refractivity contribution in [3.05, 3.63) is 48.3 Å². The van der Waals surface area contributed by atoms with Gasteiger partial charge in [0.2, 0.25) is 0 Å². The standard InChI is InChI=1S/C13H14N2O4S/c1-15-7-6-11(9-15)20(18,19)14-12-5-3-2-4-10(12)8-13(16)17/h2-7,9,14H,8H2,1H3,(H,16,17). The van der Waals surface area contributed by atoms with Crippen LogP contribution >= 0.6 is 0 Å². The van der Waals surface area contributed by atoms with Crippen molar-refractivity contribution in [3.63, 3.8) is 0 Å². The summed E-state index contributed by atoms with van der Waals surface area (Å²) in [6.45, 7) is 0. The molecule has 1 heterocycles. The lowest BCUT2D eigenvalue weighted by Crippen LogP contribution is -2.14. The van der Waals surface area contributed by atoms with Gasteiger partial charge in [0.1, 0.15) is 4.90 Å². The molecule has 0 bridgehead atoms. The van der Waals surface area contributed by atoms with Gasteiger partial charge in [0.05, 0.1) is 12.1 Å². The van der Waals surface area contributed by atoms with Crippen LogP contribution in [0, 0.1) is 0 Å². The van der Waals surface area contributed by atoms with Crippen LogP contribution in [0.3, 0.4) is 0 Å². The van der Waals surface area contributed by atoms with Gasteiger partial charge in [-0.05, 0) is 17.7 Å². The molecule has 0 amide bonds. The van der Waals surface area contributed by atoms with Gasteiger partial charge in [-0.2, -0.15) is 0 Å². The molecule has 0 saturated heterocycles. The van der Waals surface area contributed by atoms with E-state index in [1.54, 1.807) is 42.1 Å². The number of aliphatic carboxylic acids is 1. The van der Waals surface area contributed by atoms with E-state index in [1.165, 1.54) is 12.3 Å². The minimum atomic E-state index is -3.71. The number of hydrogen-bond donors (Lipinski definition) is 2. The van der Waals surface area contributed by atoms with Crippen molar-refractivity contribution in [2.45, 2.75) is 11.3 Å². The summed E-state index contributed by atoms with van der Waals surface area (Å²) in [7, 11) is -1.99. The number of nitrogens with one attached hydrogen (secondary N) is 1. The second kappa shape index (κ2) is 5.38. The van der Waals surface area contributed by atoms with Crippen LogP contribution in [0.15, 0.2) is 47.6 Å². The third-order valence-electron chi connectivity index (χ3n) is 2.72. The largest absolute Gasteiger partial charge is 0.481 e. The van der Waals surface area contributed by atoms with Crippen molar-refractivity contribution in [3.8, 4) is 0 Å². The van der Waals surface area contributed by atoms with Gasteiger partial charge in [-0.25, -0.2) is 8.42 Å². The maximum atomic E-state index is 12.2. The molecule has 6 nitrogen and oxygen atoms in total. The summed E-state index contributed by atoms with van der Waals surface area (Å²) < 4.78 is 28.4. The topological polar surface area (TPSA) is 88.4 Å². The molecule has 0 aliphatic carbocycles. The summed E-state index contributed by atoms with van der Waals surface area (Å²) in [6, 6.07) is 7.91. The lowest BCUT2D eigenvalue weighted by atomic mass is 10.1. The van der Waals surface area contributed by atoms with Crippen LogP contribution in [-0.4, -0.2) is 24.1 Å². The first kappa shape index (κ1) is 14.1. The first-order valence-corrected chi connectivity index (χ1v) is 7.31. The molecule has 0 saturated carbocycles. The van der Waals surface area contributed by atoms with E-state index >= 15 is 0 Å². The number of benzene rings is 1. The van der Waals surface area contributed by atoms with E-state index in [2.05, 4.69) is 4.72 Å². The highest BCUT2D eigenvalue weighted by Gasteiger charge is 2.17. The Kier molecular flexibility index (Phi) is 3.80. The summed E-state index contributed by atoms with van der Waals surface area (Å²) >= 11 is 0. The van der Waals surface area contributed by atoms with Crippen LogP contribution < -0.4 is 4.72 Å². The number of carboxylic acid groups (broad SMARTS) is 1. The number of hydrogen-bond acceptors (Lipinski definition) is 3. The van der Waals surface area contributed by atoms with Gasteiger partial charge < -0.3 is 9.67 Å². The fourth-order valence-electron chi connectivity index (χ4n) is 1.78. The molecule has 2 aromatic rings. The summed E-state index contributed by atoms with van der Waals surface area (Å²) in [5.74, 6) is -1.02. The number of rotatable bonds is 5. The third-order valence-corrected chi connectivity index (χ3v) is 4.07. The number of sulfonamides is 1. The van der Waals surface area contributed by atoms with Crippen LogP contribution in [0.4, 0.5) is 5.69 Å². The van der Waals surface area contributed by atoms with E-state index in [-0.39, 0.29) is 17.0 Å². The molecule has 0 aliphatic heterocycles. The van der Waals surface area contributed by atoms with Gasteiger partial charge >= 0.3 is 5.97 Å². The van der Waals surface area contributed by atoms with Crippen molar-refractivity contribution >= 4 is 21.7 Å². The van der Waals surface area contributed by atoms with Crippen molar-refractivity contribution in [2.24, 2.45) is 7.05 Å². The number of aryl methyl sites for hydroxylation is 1. The number of nitrogens with zero attached hydrogens (tertiary/aromatic N) is 1. The Morgan fingerprint density at radius 1 is 1.30 bits per heavy atom. The van der Waals surface area contributed by atoms with E-state index in [0.29, 0.717) is 5.56 Å². The summed E-state index contributed by atoms with van der Waals surface area (Å²) in [5.41, 5.74) is 0.693. The maximum Gasteiger partial charge on any atom is 0.307 e. The van der Waals surface area contributed by atoms with Crippen molar-refractivity contribution < 1.29 is 18.3 Å². The maximum absolute atomic E-state index is 12.2. The molecule has 0 spiro atoms. The van der Waals surface area contributed by atoms with Gasteiger partial charge in [0.25, 0.3) is 10.0 Å². The van der Waals surface area contributed by atoms with Gasteiger partial charge in [0, 0.05) is 19.4 Å². The lowest BCUT2D eigenvalue weighted by Gasteiger charge is -2.10. The van der Waals surface area contributed by atoms with E-state index in [4.69, 9.17) is 5.11 Å². The zero-order valence-corrected chi connectivity index (χ0v) is 11.6. The predicted molar refractivity (Wildman–Crippen MR) is 74.0 cm³/mol. The minimum Gasteiger partial charge on any atom is -0.481 e. The van der Waals surface area contributed by atoms with E-state index in [9.17, 15) is 13.2 Å². The highest BCUT2D eigenvalue weighted by molar-refractivity contribution is 7.92. The molecular formula is C13H14N2O4S. The Balaban J connectivity index is 2.32. The molecular weight excluding hydrogens is 280 g/mol. The molecule has 0 fully saturated rings. The van der Waals surface area contributed by atoms with Crippen molar-refractivity contribution in [1.82, 2.24) is 4.57 Å². The van der Waals surface area contributed by atoms with Crippen molar-refractivity contribution in [2.75, 3.05) is 4.72 Å². The van der Waals surface area contributed by atoms with E-state index in [1.807, 2.05) is 0 Å². The van der Waals surface area contributed by atoms with Gasteiger partial charge in [0.15, 0.2) is 0 Å². The fraction of sp³-hybridized carbons (Fsp3) is 0.154. The molecule has 0 unspecified atom stereocenters. The summed E-state index contributed by atoms with van der Waals surface area (Å²) in [6.07, 6.45) is 2.85. The Labute approximate surface area is 116 Å². The molecule has 0 atom stereocenters. The summed E-state index contributed by atoms with van der Waals surface area (Å²) in [4.78, 5) is 10.9. The molecule has 0 radical (unpaired) electrons. The quantitative estimate of drug-likeness (QED) is 0.873. The first-order chi connectivity index (χ1) is 9.38. The molecule has 106 valence electrons. The molecule has 2 N–H and O–H groups in total. The van der Waals surface area contributed by atoms with Crippen LogP contribution in [0.5, 0.6) is 0 Å². The van der Waals surface area contributed by atoms with Crippen LogP contribution in [0.2, 0.25) is 0 Å². The monoisotopic (exact) mass is 294 g/mol. The van der Waals surface area contributed by atoms with Crippen LogP contribution in [0.25, 0.3) is 0 Å². The zero-order chi connectivity index (χ0) is 14.8. The fourth-order valence-corrected chi connectivity index (χ4v) is 2.93. The zero-order valence-electron chi connectivity index (χ0n) is 10.8. The van der Waals surface area contributed by atoms with Crippen molar-refractivity contribution in [1.29, 1.82) is 0 Å². The smallest absolute Gasteiger partial charge is 0.307 e. The highest BCUT2D eigenvalue weighted by Crippen LogP contribution is 2.20. The molecule has 20 heavy (non-hydrogen) atoms. The Morgan fingerprint density at radius 2 is 2.00 bits per heavy atom. The predicted octanol–water partition coefficient (Wildman–Crippen LogP) is 1.45. The molecule has 1 aromatic carbocycles. The Morgan fingerprint density at radius 3 is 2.60 bits per heavy atom. The second-order valence-electron chi connectivity index (χ2n) is 4.35. The lowest BCUT2D eigenvalue weighted by molar-refractivity contribution is -0.136. The highest BCUT2D eigenvalue weighted by atomic mass is 32.2. The SMILES string of the molecule is Cn1ccc(S(=O)(=O)Nc2ccccc2CC(=O)O)c1. The number of carboxylic acids is 1. The van der Waals surface area contributed by atoms with Crippen LogP contribution in [-0.2, 0) is 28.3 Å². The third kappa shape index (κ3) is 3.18. The van der Waals surface area contributed by atoms with Gasteiger partial charge in [-0.1, -0.05) is 18.2 Å². The normalized spacial score (nSPS) is 11.2. The molecule has 0 aliphatic rings. The molecule has 7 heteroatoms. The minimum absolute atomic E-state index is 0.130. The first-order valence-electron chi connectivity index (χ1n) is 5.83. The number of para-hydroxylation sites is 1. The molecule has 2 rings (SSSR count). The number of carbonyl (C=O) groups is 1. The average Bonchev–Trinajstić information content (AvgIpc) is 2.78.